The van der Waals surface area contributed by atoms with Crippen LogP contribution >= 0.6 is 0 Å². The monoisotopic (exact) mass is 279 g/mol. The maximum Gasteiger partial charge on any atom is 0.341 e. The molecule has 0 aromatic carbocycles. The number of carbonyl (C=O) groups is 1. The van der Waals surface area contributed by atoms with Gasteiger partial charge in [-0.15, -0.1) is 0 Å². The van der Waals surface area contributed by atoms with E-state index in [1.165, 1.54) is 10.7 Å². The number of carboxylic acid groups (broad SMARTS) is 1. The summed E-state index contributed by atoms with van der Waals surface area (Å²) in [5.41, 5.74) is 2.71. The predicted octanol–water partition coefficient (Wildman–Crippen LogP) is 1.97. The maximum absolute atomic E-state index is 11.2. The fourth-order valence-corrected chi connectivity index (χ4v) is 2.34. The fourth-order valence-electron chi connectivity index (χ4n) is 2.34. The van der Waals surface area contributed by atoms with Gasteiger partial charge in [0.2, 0.25) is 0 Å². The Labute approximate surface area is 117 Å². The molecular formula is C14H9N5O2. The van der Waals surface area contributed by atoms with Gasteiger partial charge in [0.25, 0.3) is 0 Å². The molecule has 102 valence electrons. The molecule has 4 aromatic rings. The molecule has 0 atom stereocenters. The number of aromatic carboxylic acids is 1. The second kappa shape index (κ2) is 4.14. The Morgan fingerprint density at radius 1 is 1.33 bits per heavy atom. The van der Waals surface area contributed by atoms with E-state index in [1.807, 2.05) is 18.3 Å². The van der Waals surface area contributed by atoms with Crippen LogP contribution in [0.25, 0.3) is 27.9 Å². The Hall–Kier alpha value is -3.22. The van der Waals surface area contributed by atoms with Gasteiger partial charge in [0.1, 0.15) is 11.2 Å². The summed E-state index contributed by atoms with van der Waals surface area (Å²) in [7, 11) is 0. The highest BCUT2D eigenvalue weighted by atomic mass is 16.4. The predicted molar refractivity (Wildman–Crippen MR) is 75.0 cm³/mol. The van der Waals surface area contributed by atoms with Crippen LogP contribution in [0, 0.1) is 0 Å². The zero-order valence-corrected chi connectivity index (χ0v) is 10.7. The van der Waals surface area contributed by atoms with Gasteiger partial charge in [-0.05, 0) is 18.2 Å². The summed E-state index contributed by atoms with van der Waals surface area (Å²) in [6, 6.07) is 5.58. The van der Waals surface area contributed by atoms with Crippen molar-refractivity contribution in [2.45, 2.75) is 0 Å². The zero-order chi connectivity index (χ0) is 14.4. The molecule has 0 aliphatic heterocycles. The second-order valence-electron chi connectivity index (χ2n) is 4.55. The lowest BCUT2D eigenvalue weighted by molar-refractivity contribution is 0.0699. The standard InChI is InChI=1S/C14H9N5O2/c20-14(21)10-7-17-19-5-3-11(18-13(10)19)9-6-16-12-8(9)2-1-4-15-12/h1-7H,(H,15,16)(H,20,21). The molecule has 4 aromatic heterocycles. The number of aromatic nitrogens is 5. The second-order valence-corrected chi connectivity index (χ2v) is 4.55. The quantitative estimate of drug-likeness (QED) is 0.584. The van der Waals surface area contributed by atoms with Crippen molar-refractivity contribution in [2.24, 2.45) is 0 Å². The Bertz CT molecular complexity index is 985. The molecule has 0 saturated carbocycles. The van der Waals surface area contributed by atoms with Crippen molar-refractivity contribution < 1.29 is 9.90 Å². The van der Waals surface area contributed by atoms with E-state index >= 15 is 0 Å². The highest BCUT2D eigenvalue weighted by Crippen LogP contribution is 2.26. The first-order valence-electron chi connectivity index (χ1n) is 6.24. The molecule has 4 heterocycles. The molecule has 0 bridgehead atoms. The van der Waals surface area contributed by atoms with Gasteiger partial charge in [-0.25, -0.2) is 19.3 Å². The van der Waals surface area contributed by atoms with Crippen LogP contribution in [-0.4, -0.2) is 35.6 Å². The van der Waals surface area contributed by atoms with Crippen LogP contribution in [0.2, 0.25) is 0 Å². The van der Waals surface area contributed by atoms with Crippen LogP contribution < -0.4 is 0 Å². The van der Waals surface area contributed by atoms with Crippen LogP contribution in [0.1, 0.15) is 10.4 Å². The summed E-state index contributed by atoms with van der Waals surface area (Å²) in [6.07, 6.45) is 6.51. The van der Waals surface area contributed by atoms with Gasteiger partial charge in [0, 0.05) is 29.5 Å². The first kappa shape index (κ1) is 11.6. The number of fused-ring (bicyclic) bond motifs is 2. The molecule has 0 aliphatic carbocycles. The van der Waals surface area contributed by atoms with E-state index in [2.05, 4.69) is 20.1 Å². The first-order chi connectivity index (χ1) is 10.2. The highest BCUT2D eigenvalue weighted by Gasteiger charge is 2.14. The topological polar surface area (TPSA) is 96.2 Å². The average Bonchev–Trinajstić information content (AvgIpc) is 3.10. The summed E-state index contributed by atoms with van der Waals surface area (Å²) in [5.74, 6) is -1.05. The third kappa shape index (κ3) is 1.68. The van der Waals surface area contributed by atoms with E-state index in [0.29, 0.717) is 11.3 Å². The highest BCUT2D eigenvalue weighted by molar-refractivity contribution is 5.96. The fraction of sp³-hybridized carbons (Fsp3) is 0. The lowest BCUT2D eigenvalue weighted by Gasteiger charge is -2.00. The molecule has 7 nitrogen and oxygen atoms in total. The lowest BCUT2D eigenvalue weighted by atomic mass is 10.1. The van der Waals surface area contributed by atoms with E-state index < -0.39 is 5.97 Å². The van der Waals surface area contributed by atoms with Crippen molar-refractivity contribution in [1.29, 1.82) is 0 Å². The van der Waals surface area contributed by atoms with E-state index in [0.717, 1.165) is 16.6 Å². The number of hydrogen-bond donors (Lipinski definition) is 2. The minimum atomic E-state index is -1.05. The molecule has 0 amide bonds. The summed E-state index contributed by atoms with van der Waals surface area (Å²) in [5, 5.41) is 14.1. The van der Waals surface area contributed by atoms with Gasteiger partial charge in [-0.3, -0.25) is 0 Å². The Morgan fingerprint density at radius 3 is 3.10 bits per heavy atom. The van der Waals surface area contributed by atoms with Gasteiger partial charge in [-0.1, -0.05) is 0 Å². The van der Waals surface area contributed by atoms with E-state index in [4.69, 9.17) is 5.11 Å². The van der Waals surface area contributed by atoms with Gasteiger partial charge >= 0.3 is 5.97 Å². The number of hydrogen-bond acceptors (Lipinski definition) is 4. The number of pyridine rings is 1. The molecule has 7 heteroatoms. The van der Waals surface area contributed by atoms with Crippen LogP contribution in [0.3, 0.4) is 0 Å². The molecule has 21 heavy (non-hydrogen) atoms. The number of nitrogens with zero attached hydrogens (tertiary/aromatic N) is 4. The number of rotatable bonds is 2. The molecule has 0 aliphatic rings. The van der Waals surface area contributed by atoms with E-state index in [-0.39, 0.29) is 5.56 Å². The smallest absolute Gasteiger partial charge is 0.341 e. The van der Waals surface area contributed by atoms with E-state index in [9.17, 15) is 4.79 Å². The van der Waals surface area contributed by atoms with Crippen LogP contribution in [0.15, 0.2) is 43.0 Å². The minimum absolute atomic E-state index is 0.0785. The molecule has 0 unspecified atom stereocenters. The largest absolute Gasteiger partial charge is 0.477 e. The van der Waals surface area contributed by atoms with Crippen molar-refractivity contribution in [2.75, 3.05) is 0 Å². The summed E-state index contributed by atoms with van der Waals surface area (Å²) >= 11 is 0. The summed E-state index contributed by atoms with van der Waals surface area (Å²) in [6.45, 7) is 0. The molecule has 0 radical (unpaired) electrons. The van der Waals surface area contributed by atoms with Crippen molar-refractivity contribution in [3.05, 3.63) is 48.5 Å². The normalized spacial score (nSPS) is 11.2. The van der Waals surface area contributed by atoms with Gasteiger partial charge in [0.05, 0.1) is 11.9 Å². The molecule has 0 saturated heterocycles. The maximum atomic E-state index is 11.2. The first-order valence-corrected chi connectivity index (χ1v) is 6.24. The molecule has 4 rings (SSSR count). The van der Waals surface area contributed by atoms with Crippen molar-refractivity contribution in [1.82, 2.24) is 24.6 Å². The summed E-state index contributed by atoms with van der Waals surface area (Å²) < 4.78 is 1.44. The van der Waals surface area contributed by atoms with Gasteiger partial charge < -0.3 is 10.1 Å². The number of aromatic amines is 1. The van der Waals surface area contributed by atoms with Gasteiger partial charge in [0.15, 0.2) is 5.65 Å². The third-order valence-electron chi connectivity index (χ3n) is 3.33. The van der Waals surface area contributed by atoms with Crippen LogP contribution in [-0.2, 0) is 0 Å². The van der Waals surface area contributed by atoms with Gasteiger partial charge in [-0.2, -0.15) is 5.10 Å². The number of H-pyrrole nitrogens is 1. The molecular weight excluding hydrogens is 270 g/mol. The van der Waals surface area contributed by atoms with Crippen LogP contribution in [0.5, 0.6) is 0 Å². The lowest BCUT2D eigenvalue weighted by Crippen LogP contribution is -1.98. The SMILES string of the molecule is O=C(O)c1cnn2ccc(-c3c[nH]c4ncccc34)nc12. The Balaban J connectivity index is 1.98. The third-order valence-corrected chi connectivity index (χ3v) is 3.33. The van der Waals surface area contributed by atoms with E-state index in [1.54, 1.807) is 18.5 Å². The number of carboxylic acids is 1. The minimum Gasteiger partial charge on any atom is -0.477 e. The van der Waals surface area contributed by atoms with Crippen LogP contribution in [0.4, 0.5) is 0 Å². The van der Waals surface area contributed by atoms with Crippen molar-refractivity contribution >= 4 is 22.6 Å². The zero-order valence-electron chi connectivity index (χ0n) is 10.7. The average molecular weight is 279 g/mol. The van der Waals surface area contributed by atoms with Crippen molar-refractivity contribution in [3.63, 3.8) is 0 Å². The molecule has 0 fully saturated rings. The molecule has 2 N–H and O–H groups in total. The Kier molecular flexibility index (Phi) is 2.28. The van der Waals surface area contributed by atoms with Crippen molar-refractivity contribution in [3.8, 4) is 11.3 Å². The molecule has 0 spiro atoms. The number of nitrogens with one attached hydrogen (secondary N) is 1. The Morgan fingerprint density at radius 2 is 2.24 bits per heavy atom. The summed E-state index contributed by atoms with van der Waals surface area (Å²) in [4.78, 5) is 22.9.